The second-order valence-corrected chi connectivity index (χ2v) is 11.2. The molecule has 1 saturated carbocycles. The van der Waals surface area contributed by atoms with Gasteiger partial charge in [-0.3, -0.25) is 24.0 Å². The van der Waals surface area contributed by atoms with Gasteiger partial charge in [-0.05, 0) is 69.7 Å². The highest BCUT2D eigenvalue weighted by Crippen LogP contribution is 2.59. The summed E-state index contributed by atoms with van der Waals surface area (Å²) in [5.41, 5.74) is 0.896. The van der Waals surface area contributed by atoms with Crippen LogP contribution in [0.25, 0.3) is 0 Å². The molecule has 3 saturated heterocycles. The number of carbonyl (C=O) groups excluding carboxylic acids is 5. The highest BCUT2D eigenvalue weighted by atomic mass is 16.5. The minimum atomic E-state index is -0.643. The number of ether oxygens (including phenoxy) is 1. The molecule has 4 fully saturated rings. The summed E-state index contributed by atoms with van der Waals surface area (Å²) in [5.74, 6) is -0.855. The second kappa shape index (κ2) is 11.0. The Hall–Kier alpha value is -3.47. The third-order valence-electron chi connectivity index (χ3n) is 8.72. The molecule has 4 aliphatic rings. The third kappa shape index (κ3) is 5.50. The van der Waals surface area contributed by atoms with Crippen LogP contribution in [-0.4, -0.2) is 77.9 Å². The van der Waals surface area contributed by atoms with E-state index in [0.29, 0.717) is 24.3 Å². The van der Waals surface area contributed by atoms with E-state index >= 15 is 0 Å². The van der Waals surface area contributed by atoms with Crippen LogP contribution in [0.1, 0.15) is 67.8 Å². The number of rotatable bonds is 8. The Morgan fingerprint density at radius 1 is 1.15 bits per heavy atom. The molecule has 3 aliphatic heterocycles. The molecule has 0 bridgehead atoms. The van der Waals surface area contributed by atoms with E-state index in [9.17, 15) is 24.0 Å². The summed E-state index contributed by atoms with van der Waals surface area (Å²) in [6.45, 7) is 2.12. The largest absolute Gasteiger partial charge is 0.463 e. The monoisotopic (exact) mass is 539 g/mol. The Kier molecular flexibility index (Phi) is 7.61. The van der Waals surface area contributed by atoms with Crippen LogP contribution in [0.3, 0.4) is 0 Å². The maximum atomic E-state index is 13.8. The maximum absolute atomic E-state index is 13.8. The number of hydrogen-bond acceptors (Lipinski definition) is 7. The van der Waals surface area contributed by atoms with Crippen molar-refractivity contribution in [1.29, 1.82) is 0 Å². The summed E-state index contributed by atoms with van der Waals surface area (Å²) in [6.07, 6.45) is 4.86. The normalized spacial score (nSPS) is 30.3. The first-order valence-electron chi connectivity index (χ1n) is 13.9. The highest BCUT2D eigenvalue weighted by Gasteiger charge is 2.65. The number of hydrogen-bond donors (Lipinski definition) is 4. The molecular formula is C28H37N5O6. The quantitative estimate of drug-likeness (QED) is 0.349. The summed E-state index contributed by atoms with van der Waals surface area (Å²) in [7, 11) is 1.70. The lowest BCUT2D eigenvalue weighted by molar-refractivity contribution is -0.145. The molecule has 6 atom stereocenters. The maximum Gasteiger partial charge on any atom is 0.308 e. The average molecular weight is 540 g/mol. The van der Waals surface area contributed by atoms with Gasteiger partial charge in [-0.25, -0.2) is 0 Å². The summed E-state index contributed by atoms with van der Waals surface area (Å²) in [4.78, 5) is 65.4. The van der Waals surface area contributed by atoms with E-state index in [4.69, 9.17) is 4.74 Å². The van der Waals surface area contributed by atoms with Gasteiger partial charge in [0.1, 0.15) is 18.7 Å². The van der Waals surface area contributed by atoms with Crippen LogP contribution in [0.15, 0.2) is 24.3 Å². The molecule has 0 radical (unpaired) electrons. The summed E-state index contributed by atoms with van der Waals surface area (Å²) < 4.78 is 4.90. The van der Waals surface area contributed by atoms with Gasteiger partial charge in [0.15, 0.2) is 0 Å². The predicted octanol–water partition coefficient (Wildman–Crippen LogP) is 0.374. The molecule has 4 amide bonds. The highest BCUT2D eigenvalue weighted by molar-refractivity contribution is 5.96. The van der Waals surface area contributed by atoms with Crippen LogP contribution in [0.5, 0.6) is 0 Å². The van der Waals surface area contributed by atoms with E-state index in [2.05, 4.69) is 21.3 Å². The summed E-state index contributed by atoms with van der Waals surface area (Å²) in [6, 6.07) is 4.94. The third-order valence-corrected chi connectivity index (χ3v) is 8.72. The van der Waals surface area contributed by atoms with Crippen molar-refractivity contribution >= 4 is 29.6 Å². The van der Waals surface area contributed by atoms with E-state index in [0.717, 1.165) is 31.2 Å². The number of nitrogens with zero attached hydrogens (tertiary/aromatic N) is 1. The Balaban J connectivity index is 1.23. The minimum absolute atomic E-state index is 0.152. The number of benzene rings is 1. The second-order valence-electron chi connectivity index (χ2n) is 11.2. The molecule has 1 unspecified atom stereocenters. The number of nitrogens with one attached hydrogen (secondary N) is 4. The molecular weight excluding hydrogens is 502 g/mol. The molecule has 5 rings (SSSR count). The van der Waals surface area contributed by atoms with Crippen molar-refractivity contribution in [2.75, 3.05) is 13.7 Å². The fraction of sp³-hybridized carbons (Fsp3) is 0.607. The van der Waals surface area contributed by atoms with Gasteiger partial charge < -0.3 is 30.9 Å². The Labute approximate surface area is 227 Å². The van der Waals surface area contributed by atoms with Crippen molar-refractivity contribution in [3.8, 4) is 0 Å². The van der Waals surface area contributed by atoms with Gasteiger partial charge in [-0.2, -0.15) is 0 Å². The Morgan fingerprint density at radius 3 is 2.72 bits per heavy atom. The SMILES string of the molecule is CN[C@@H](C)C(=O)N[C@H]1CCC[C@H]2CC23CC[C@@H](C(=O)NCc2cccc(C(=O)N[C@@H]4COC(=O)C4)c2)N3C1=O. The van der Waals surface area contributed by atoms with E-state index in [1.807, 2.05) is 6.07 Å². The topological polar surface area (TPSA) is 146 Å². The van der Waals surface area contributed by atoms with Crippen LogP contribution in [0.4, 0.5) is 0 Å². The zero-order valence-corrected chi connectivity index (χ0v) is 22.5. The molecule has 1 aromatic rings. The zero-order chi connectivity index (χ0) is 27.7. The number of carbonyl (C=O) groups is 5. The number of esters is 1. The van der Waals surface area contributed by atoms with Gasteiger partial charge in [-0.1, -0.05) is 18.6 Å². The zero-order valence-electron chi connectivity index (χ0n) is 22.5. The lowest BCUT2D eigenvalue weighted by atomic mass is 9.98. The molecule has 39 heavy (non-hydrogen) atoms. The van der Waals surface area contributed by atoms with Crippen molar-refractivity contribution in [2.24, 2.45) is 5.92 Å². The van der Waals surface area contributed by atoms with Crippen molar-refractivity contribution in [1.82, 2.24) is 26.2 Å². The summed E-state index contributed by atoms with van der Waals surface area (Å²) in [5, 5.41) is 11.6. The fourth-order valence-corrected chi connectivity index (χ4v) is 6.33. The predicted molar refractivity (Wildman–Crippen MR) is 140 cm³/mol. The van der Waals surface area contributed by atoms with Crippen molar-refractivity contribution in [3.05, 3.63) is 35.4 Å². The van der Waals surface area contributed by atoms with Crippen LogP contribution >= 0.6 is 0 Å². The van der Waals surface area contributed by atoms with Crippen molar-refractivity contribution < 1.29 is 28.7 Å². The van der Waals surface area contributed by atoms with Crippen LogP contribution < -0.4 is 21.3 Å². The molecule has 1 spiro atoms. The van der Waals surface area contributed by atoms with Gasteiger partial charge in [0.25, 0.3) is 5.91 Å². The van der Waals surface area contributed by atoms with Gasteiger partial charge in [-0.15, -0.1) is 0 Å². The van der Waals surface area contributed by atoms with Gasteiger partial charge in [0, 0.05) is 17.6 Å². The average Bonchev–Trinajstić information content (AvgIpc) is 3.23. The molecule has 210 valence electrons. The van der Waals surface area contributed by atoms with Crippen molar-refractivity contribution in [2.45, 2.75) is 88.1 Å². The number of cyclic esters (lactones) is 1. The Morgan fingerprint density at radius 2 is 1.97 bits per heavy atom. The van der Waals surface area contributed by atoms with Crippen LogP contribution in [0.2, 0.25) is 0 Å². The van der Waals surface area contributed by atoms with Gasteiger partial charge >= 0.3 is 5.97 Å². The van der Waals surface area contributed by atoms with E-state index in [-0.39, 0.29) is 60.8 Å². The first-order chi connectivity index (χ1) is 18.7. The molecule has 1 aromatic carbocycles. The lowest BCUT2D eigenvalue weighted by Crippen LogP contribution is -2.58. The number of amides is 4. The molecule has 4 N–H and O–H groups in total. The fourth-order valence-electron chi connectivity index (χ4n) is 6.33. The molecule has 1 aliphatic carbocycles. The Bertz CT molecular complexity index is 1170. The smallest absolute Gasteiger partial charge is 0.308 e. The molecule has 0 aromatic heterocycles. The van der Waals surface area contributed by atoms with E-state index < -0.39 is 18.1 Å². The lowest BCUT2D eigenvalue weighted by Gasteiger charge is -2.36. The van der Waals surface area contributed by atoms with Crippen LogP contribution in [0, 0.1) is 5.92 Å². The first kappa shape index (κ1) is 27.1. The van der Waals surface area contributed by atoms with Gasteiger partial charge in [0.2, 0.25) is 17.7 Å². The van der Waals surface area contributed by atoms with Gasteiger partial charge in [0.05, 0.1) is 18.5 Å². The molecule has 3 heterocycles. The van der Waals surface area contributed by atoms with E-state index in [1.165, 1.54) is 0 Å². The minimum Gasteiger partial charge on any atom is -0.463 e. The van der Waals surface area contributed by atoms with E-state index in [1.54, 1.807) is 37.1 Å². The van der Waals surface area contributed by atoms with Crippen molar-refractivity contribution in [3.63, 3.8) is 0 Å². The standard InChI is InChI=1S/C28H37N5O6/c1-16(29-2)24(35)32-21-8-4-7-19-13-28(19)10-9-22(33(28)27(21)38)26(37)30-14-17-5-3-6-18(11-17)25(36)31-20-12-23(34)39-15-20/h3,5-6,11,16,19-22,29H,4,7-10,12-15H2,1-2H3,(H,30,37)(H,31,36)(H,32,35)/t16-,19-,20-,21-,22-,28?/m0/s1. The summed E-state index contributed by atoms with van der Waals surface area (Å²) >= 11 is 0. The first-order valence-corrected chi connectivity index (χ1v) is 13.9. The van der Waals surface area contributed by atoms with Crippen LogP contribution in [-0.2, 0) is 30.5 Å². The molecule has 11 nitrogen and oxygen atoms in total. The molecule has 11 heteroatoms. The number of likely N-dealkylation sites (N-methyl/N-ethyl adjacent to an activating group) is 1.